The lowest BCUT2D eigenvalue weighted by molar-refractivity contribution is 0.160. The van der Waals surface area contributed by atoms with Crippen molar-refractivity contribution in [2.75, 3.05) is 13.2 Å². The van der Waals surface area contributed by atoms with Crippen LogP contribution >= 0.6 is 0 Å². The van der Waals surface area contributed by atoms with Crippen LogP contribution in [0.3, 0.4) is 0 Å². The molecule has 0 aromatic heterocycles. The molecule has 2 aliphatic rings. The van der Waals surface area contributed by atoms with Crippen LogP contribution in [0.1, 0.15) is 44.2 Å². The lowest BCUT2D eigenvalue weighted by Crippen LogP contribution is -2.39. The van der Waals surface area contributed by atoms with E-state index in [1.54, 1.807) is 0 Å². The second-order valence-corrected chi connectivity index (χ2v) is 6.78. The van der Waals surface area contributed by atoms with Crippen LogP contribution in [-0.4, -0.2) is 28.6 Å². The largest absolute Gasteiger partial charge is 0.359 e. The number of hydrogen-bond acceptors (Lipinski definition) is 2. The van der Waals surface area contributed by atoms with E-state index in [0.29, 0.717) is 5.92 Å². The lowest BCUT2D eigenvalue weighted by atomic mass is 9.97. The van der Waals surface area contributed by atoms with Gasteiger partial charge in [0.2, 0.25) is 0 Å². The maximum absolute atomic E-state index is 2.42. The van der Waals surface area contributed by atoms with E-state index in [1.165, 1.54) is 17.5 Å². The van der Waals surface area contributed by atoms with Gasteiger partial charge >= 0.3 is 0 Å². The molecular formula is C18H24N2. The minimum atomic E-state index is 0.213. The van der Waals surface area contributed by atoms with Crippen molar-refractivity contribution < 1.29 is 0 Å². The molecule has 1 unspecified atom stereocenters. The zero-order chi connectivity index (χ0) is 14.2. The average Bonchev–Trinajstić information content (AvgIpc) is 3.02. The molecule has 2 heteroatoms. The van der Waals surface area contributed by atoms with Crippen LogP contribution in [0.15, 0.2) is 42.7 Å². The number of rotatable bonds is 3. The van der Waals surface area contributed by atoms with Gasteiger partial charge in [0.1, 0.15) is 0 Å². The maximum Gasteiger partial charge on any atom is 0.0898 e. The van der Waals surface area contributed by atoms with Crippen molar-refractivity contribution in [1.29, 1.82) is 0 Å². The normalized spacial score (nSPS) is 20.9. The molecule has 1 aromatic rings. The Bertz CT molecular complexity index is 537. The summed E-state index contributed by atoms with van der Waals surface area (Å²) in [6.07, 6.45) is 10.3. The van der Waals surface area contributed by atoms with Gasteiger partial charge in [-0.2, -0.15) is 0 Å². The minimum absolute atomic E-state index is 0.213. The molecule has 1 aliphatic heterocycles. The molecule has 0 spiro atoms. The summed E-state index contributed by atoms with van der Waals surface area (Å²) in [5.74, 6) is 0.586. The van der Waals surface area contributed by atoms with Crippen molar-refractivity contribution >= 4 is 6.08 Å². The Kier molecular flexibility index (Phi) is 3.33. The Balaban J connectivity index is 1.55. The third-order valence-electron chi connectivity index (χ3n) is 4.28. The van der Waals surface area contributed by atoms with E-state index in [4.69, 9.17) is 0 Å². The van der Waals surface area contributed by atoms with Crippen LogP contribution in [0.5, 0.6) is 0 Å². The summed E-state index contributed by atoms with van der Waals surface area (Å²) in [7, 11) is 0. The Morgan fingerprint density at radius 2 is 1.95 bits per heavy atom. The first kappa shape index (κ1) is 13.3. The summed E-state index contributed by atoms with van der Waals surface area (Å²) in [5.41, 5.74) is 3.10. The highest BCUT2D eigenvalue weighted by molar-refractivity contribution is 5.62. The fourth-order valence-corrected chi connectivity index (χ4v) is 2.93. The maximum atomic E-state index is 2.42. The van der Waals surface area contributed by atoms with Gasteiger partial charge in [0.15, 0.2) is 0 Å². The number of benzene rings is 1. The van der Waals surface area contributed by atoms with Gasteiger partial charge in [-0.15, -0.1) is 0 Å². The summed E-state index contributed by atoms with van der Waals surface area (Å²) >= 11 is 0. The standard InChI is InChI=1S/C18H24N2/c1-18(2,3)20-13-12-19(14-20)11-10-16-9-8-15-6-4-5-7-17(15)16/h4-9,12-13,16H,10-11,14H2,1-3H3. The second-order valence-electron chi connectivity index (χ2n) is 6.78. The summed E-state index contributed by atoms with van der Waals surface area (Å²) < 4.78 is 0. The van der Waals surface area contributed by atoms with E-state index in [1.807, 2.05) is 0 Å². The summed E-state index contributed by atoms with van der Waals surface area (Å²) in [5, 5.41) is 0. The van der Waals surface area contributed by atoms with Gasteiger partial charge in [-0.05, 0) is 38.3 Å². The quantitative estimate of drug-likeness (QED) is 0.816. The van der Waals surface area contributed by atoms with Crippen molar-refractivity contribution in [1.82, 2.24) is 9.80 Å². The monoisotopic (exact) mass is 268 g/mol. The molecule has 0 saturated carbocycles. The zero-order valence-electron chi connectivity index (χ0n) is 12.7. The average molecular weight is 268 g/mol. The summed E-state index contributed by atoms with van der Waals surface area (Å²) in [6.45, 7) is 8.92. The van der Waals surface area contributed by atoms with Gasteiger partial charge < -0.3 is 9.80 Å². The smallest absolute Gasteiger partial charge is 0.0898 e. The molecule has 1 heterocycles. The van der Waals surface area contributed by atoms with Crippen LogP contribution in [0.2, 0.25) is 0 Å². The van der Waals surface area contributed by atoms with E-state index >= 15 is 0 Å². The van der Waals surface area contributed by atoms with E-state index in [9.17, 15) is 0 Å². The first-order valence-corrected chi connectivity index (χ1v) is 7.50. The molecular weight excluding hydrogens is 244 g/mol. The highest BCUT2D eigenvalue weighted by atomic mass is 15.4. The van der Waals surface area contributed by atoms with Crippen LogP contribution in [0.25, 0.3) is 6.08 Å². The molecule has 0 fully saturated rings. The molecule has 0 radical (unpaired) electrons. The molecule has 0 amide bonds. The van der Waals surface area contributed by atoms with Crippen molar-refractivity contribution in [2.45, 2.75) is 38.6 Å². The molecule has 2 nitrogen and oxygen atoms in total. The molecule has 106 valence electrons. The van der Waals surface area contributed by atoms with Gasteiger partial charge in [-0.25, -0.2) is 0 Å². The zero-order valence-corrected chi connectivity index (χ0v) is 12.7. The van der Waals surface area contributed by atoms with Crippen LogP contribution in [0.4, 0.5) is 0 Å². The number of hydrogen-bond donors (Lipinski definition) is 0. The topological polar surface area (TPSA) is 6.48 Å². The number of nitrogens with zero attached hydrogens (tertiary/aromatic N) is 2. The summed E-state index contributed by atoms with van der Waals surface area (Å²) in [4.78, 5) is 4.81. The van der Waals surface area contributed by atoms with Crippen molar-refractivity contribution in [3.8, 4) is 0 Å². The molecule has 1 aromatic carbocycles. The molecule has 3 rings (SSSR count). The molecule has 0 saturated heterocycles. The minimum Gasteiger partial charge on any atom is -0.359 e. The van der Waals surface area contributed by atoms with Gasteiger partial charge in [-0.3, -0.25) is 0 Å². The number of fused-ring (bicyclic) bond motifs is 1. The molecule has 1 atom stereocenters. The van der Waals surface area contributed by atoms with Crippen molar-refractivity contribution in [2.24, 2.45) is 0 Å². The SMILES string of the molecule is CC(C)(C)N1C=CN(CCC2C=Cc3ccccc32)C1. The molecule has 0 N–H and O–H groups in total. The Labute approximate surface area is 122 Å². The molecule has 1 aliphatic carbocycles. The first-order valence-electron chi connectivity index (χ1n) is 7.50. The lowest BCUT2D eigenvalue weighted by Gasteiger charge is -2.33. The first-order chi connectivity index (χ1) is 9.54. The molecule has 0 bridgehead atoms. The van der Waals surface area contributed by atoms with Crippen LogP contribution in [0, 0.1) is 0 Å². The molecule has 20 heavy (non-hydrogen) atoms. The van der Waals surface area contributed by atoms with Crippen molar-refractivity contribution in [3.63, 3.8) is 0 Å². The third-order valence-corrected chi connectivity index (χ3v) is 4.28. The van der Waals surface area contributed by atoms with Gasteiger partial charge in [0.05, 0.1) is 6.67 Å². The van der Waals surface area contributed by atoms with Gasteiger partial charge in [0.25, 0.3) is 0 Å². The van der Waals surface area contributed by atoms with E-state index in [-0.39, 0.29) is 5.54 Å². The predicted molar refractivity (Wildman–Crippen MR) is 85.1 cm³/mol. The van der Waals surface area contributed by atoms with E-state index < -0.39 is 0 Å². The number of allylic oxidation sites excluding steroid dienone is 1. The Hall–Kier alpha value is -1.70. The van der Waals surface area contributed by atoms with E-state index in [0.717, 1.165) is 13.2 Å². The highest BCUT2D eigenvalue weighted by Crippen LogP contribution is 2.32. The van der Waals surface area contributed by atoms with E-state index in [2.05, 4.69) is 79.4 Å². The Morgan fingerprint density at radius 3 is 2.70 bits per heavy atom. The fraction of sp³-hybridized carbons (Fsp3) is 0.444. The second kappa shape index (κ2) is 5.01. The highest BCUT2D eigenvalue weighted by Gasteiger charge is 2.24. The van der Waals surface area contributed by atoms with Crippen LogP contribution in [-0.2, 0) is 0 Å². The fourth-order valence-electron chi connectivity index (χ4n) is 2.93. The Morgan fingerprint density at radius 1 is 1.15 bits per heavy atom. The van der Waals surface area contributed by atoms with Crippen LogP contribution < -0.4 is 0 Å². The summed E-state index contributed by atoms with van der Waals surface area (Å²) in [6, 6.07) is 8.75. The van der Waals surface area contributed by atoms with Gasteiger partial charge in [-0.1, -0.05) is 36.4 Å². The third kappa shape index (κ3) is 2.60. The predicted octanol–water partition coefficient (Wildman–Crippen LogP) is 4.03. The van der Waals surface area contributed by atoms with Gasteiger partial charge in [0, 0.05) is 30.4 Å². The van der Waals surface area contributed by atoms with Crippen molar-refractivity contribution in [3.05, 3.63) is 53.9 Å².